The lowest BCUT2D eigenvalue weighted by Crippen LogP contribution is -2.31. The molecule has 0 aliphatic heterocycles. The number of likely N-dealkylation sites (N-methyl/N-ethyl adjacent to an activating group) is 1. The topological polar surface area (TPSA) is 78.9 Å². The summed E-state index contributed by atoms with van der Waals surface area (Å²) in [5.74, 6) is 0.174. The SMILES string of the molecule is CCN(CC)C(=O)Cc1ccc(C(N)=NO)cc1. The highest BCUT2D eigenvalue weighted by atomic mass is 16.4. The summed E-state index contributed by atoms with van der Waals surface area (Å²) >= 11 is 0. The molecule has 0 fully saturated rings. The third kappa shape index (κ3) is 3.48. The lowest BCUT2D eigenvalue weighted by molar-refractivity contribution is -0.130. The molecule has 0 aromatic heterocycles. The Morgan fingerprint density at radius 1 is 1.28 bits per heavy atom. The Kier molecular flexibility index (Phi) is 5.17. The minimum atomic E-state index is 0.0663. The van der Waals surface area contributed by atoms with Crippen LogP contribution >= 0.6 is 0 Å². The van der Waals surface area contributed by atoms with E-state index >= 15 is 0 Å². The molecule has 5 heteroatoms. The lowest BCUT2D eigenvalue weighted by atomic mass is 10.1. The van der Waals surface area contributed by atoms with Gasteiger partial charge in [0.2, 0.25) is 5.91 Å². The van der Waals surface area contributed by atoms with Gasteiger partial charge in [0.15, 0.2) is 5.84 Å². The van der Waals surface area contributed by atoms with Gasteiger partial charge in [0.25, 0.3) is 0 Å². The fraction of sp³-hybridized carbons (Fsp3) is 0.385. The van der Waals surface area contributed by atoms with Gasteiger partial charge in [0, 0.05) is 18.7 Å². The van der Waals surface area contributed by atoms with Gasteiger partial charge in [-0.3, -0.25) is 4.79 Å². The van der Waals surface area contributed by atoms with E-state index in [0.717, 1.165) is 18.7 Å². The quantitative estimate of drug-likeness (QED) is 0.356. The molecule has 0 saturated heterocycles. The van der Waals surface area contributed by atoms with Crippen LogP contribution in [0.25, 0.3) is 0 Å². The summed E-state index contributed by atoms with van der Waals surface area (Å²) in [6.07, 6.45) is 0.373. The van der Waals surface area contributed by atoms with E-state index in [4.69, 9.17) is 10.9 Å². The Hall–Kier alpha value is -2.04. The maximum atomic E-state index is 11.9. The highest BCUT2D eigenvalue weighted by Crippen LogP contribution is 2.07. The fourth-order valence-corrected chi connectivity index (χ4v) is 1.71. The molecule has 1 amide bonds. The highest BCUT2D eigenvalue weighted by Gasteiger charge is 2.10. The molecular weight excluding hydrogens is 230 g/mol. The number of rotatable bonds is 5. The second kappa shape index (κ2) is 6.64. The largest absolute Gasteiger partial charge is 0.409 e. The van der Waals surface area contributed by atoms with Crippen molar-refractivity contribution < 1.29 is 10.0 Å². The van der Waals surface area contributed by atoms with Crippen molar-refractivity contribution in [1.82, 2.24) is 4.90 Å². The number of nitrogens with zero attached hydrogens (tertiary/aromatic N) is 2. The second-order valence-corrected chi connectivity index (χ2v) is 3.92. The molecule has 0 atom stereocenters. The van der Waals surface area contributed by atoms with Crippen molar-refractivity contribution in [3.05, 3.63) is 35.4 Å². The molecule has 3 N–H and O–H groups in total. The van der Waals surface area contributed by atoms with Crippen LogP contribution in [0.1, 0.15) is 25.0 Å². The van der Waals surface area contributed by atoms with Gasteiger partial charge in [0.05, 0.1) is 6.42 Å². The first-order valence-electron chi connectivity index (χ1n) is 5.97. The van der Waals surface area contributed by atoms with E-state index in [2.05, 4.69) is 5.16 Å². The number of carbonyl (C=O) groups excluding carboxylic acids is 1. The van der Waals surface area contributed by atoms with Crippen molar-refractivity contribution in [2.45, 2.75) is 20.3 Å². The Labute approximate surface area is 107 Å². The number of hydrogen-bond acceptors (Lipinski definition) is 3. The predicted octanol–water partition coefficient (Wildman–Crippen LogP) is 1.19. The van der Waals surface area contributed by atoms with E-state index in [0.29, 0.717) is 12.0 Å². The second-order valence-electron chi connectivity index (χ2n) is 3.92. The third-order valence-corrected chi connectivity index (χ3v) is 2.83. The van der Waals surface area contributed by atoms with Crippen molar-refractivity contribution in [2.75, 3.05) is 13.1 Å². The Bertz CT molecular complexity index is 422. The molecule has 0 aliphatic carbocycles. The molecule has 0 saturated carbocycles. The molecule has 0 heterocycles. The summed E-state index contributed by atoms with van der Waals surface area (Å²) in [4.78, 5) is 13.7. The van der Waals surface area contributed by atoms with Gasteiger partial charge in [-0.05, 0) is 19.4 Å². The van der Waals surface area contributed by atoms with Gasteiger partial charge in [-0.15, -0.1) is 0 Å². The average Bonchev–Trinajstić information content (AvgIpc) is 2.40. The standard InChI is InChI=1S/C13H19N3O2/c1-3-16(4-2)12(17)9-10-5-7-11(8-6-10)13(14)15-18/h5-8,18H,3-4,9H2,1-2H3,(H2,14,15). The van der Waals surface area contributed by atoms with Crippen LogP contribution in [0.5, 0.6) is 0 Å². The van der Waals surface area contributed by atoms with Crippen molar-refractivity contribution >= 4 is 11.7 Å². The molecular formula is C13H19N3O2. The van der Waals surface area contributed by atoms with Crippen LogP contribution < -0.4 is 5.73 Å². The molecule has 0 bridgehead atoms. The van der Waals surface area contributed by atoms with Crippen molar-refractivity contribution in [2.24, 2.45) is 10.9 Å². The van der Waals surface area contributed by atoms with E-state index in [1.54, 1.807) is 17.0 Å². The molecule has 5 nitrogen and oxygen atoms in total. The number of nitrogens with two attached hydrogens (primary N) is 1. The molecule has 0 unspecified atom stereocenters. The van der Waals surface area contributed by atoms with Crippen molar-refractivity contribution in [1.29, 1.82) is 0 Å². The zero-order valence-electron chi connectivity index (χ0n) is 10.8. The van der Waals surface area contributed by atoms with Crippen molar-refractivity contribution in [3.8, 4) is 0 Å². The Morgan fingerprint density at radius 2 is 1.83 bits per heavy atom. The molecule has 98 valence electrons. The van der Waals surface area contributed by atoms with Gasteiger partial charge >= 0.3 is 0 Å². The molecule has 0 spiro atoms. The minimum Gasteiger partial charge on any atom is -0.409 e. The molecule has 1 aromatic carbocycles. The zero-order chi connectivity index (χ0) is 13.5. The number of carbonyl (C=O) groups is 1. The van der Waals surface area contributed by atoms with Crippen LogP contribution in [0, 0.1) is 0 Å². The lowest BCUT2D eigenvalue weighted by Gasteiger charge is -2.18. The summed E-state index contributed by atoms with van der Waals surface area (Å²) in [5.41, 5.74) is 7.02. The summed E-state index contributed by atoms with van der Waals surface area (Å²) < 4.78 is 0. The van der Waals surface area contributed by atoms with E-state index in [1.807, 2.05) is 26.0 Å². The van der Waals surface area contributed by atoms with E-state index < -0.39 is 0 Å². The van der Waals surface area contributed by atoms with Gasteiger partial charge in [-0.1, -0.05) is 29.4 Å². The van der Waals surface area contributed by atoms with E-state index in [9.17, 15) is 4.79 Å². The number of benzene rings is 1. The van der Waals surface area contributed by atoms with Gasteiger partial charge in [0.1, 0.15) is 0 Å². The fourth-order valence-electron chi connectivity index (χ4n) is 1.71. The zero-order valence-corrected chi connectivity index (χ0v) is 10.8. The Morgan fingerprint density at radius 3 is 2.28 bits per heavy atom. The summed E-state index contributed by atoms with van der Waals surface area (Å²) in [5, 5.41) is 11.5. The van der Waals surface area contributed by atoms with Gasteiger partial charge in [-0.25, -0.2) is 0 Å². The predicted molar refractivity (Wildman–Crippen MR) is 70.6 cm³/mol. The highest BCUT2D eigenvalue weighted by molar-refractivity contribution is 5.97. The molecule has 18 heavy (non-hydrogen) atoms. The summed E-state index contributed by atoms with van der Waals surface area (Å²) in [6, 6.07) is 7.10. The van der Waals surface area contributed by atoms with Crippen LogP contribution in [0.2, 0.25) is 0 Å². The average molecular weight is 249 g/mol. The first-order valence-corrected chi connectivity index (χ1v) is 5.97. The van der Waals surface area contributed by atoms with Crippen LogP contribution in [0.15, 0.2) is 29.4 Å². The van der Waals surface area contributed by atoms with Crippen LogP contribution in [0.4, 0.5) is 0 Å². The first kappa shape index (κ1) is 14.0. The van der Waals surface area contributed by atoms with E-state index in [1.165, 1.54) is 0 Å². The van der Waals surface area contributed by atoms with Crippen LogP contribution in [-0.2, 0) is 11.2 Å². The minimum absolute atomic E-state index is 0.0663. The van der Waals surface area contributed by atoms with Gasteiger partial charge < -0.3 is 15.8 Å². The number of amidine groups is 1. The monoisotopic (exact) mass is 249 g/mol. The summed E-state index contributed by atoms with van der Waals surface area (Å²) in [6.45, 7) is 5.36. The summed E-state index contributed by atoms with van der Waals surface area (Å²) in [7, 11) is 0. The number of hydrogen-bond donors (Lipinski definition) is 2. The number of oxime groups is 1. The van der Waals surface area contributed by atoms with Crippen molar-refractivity contribution in [3.63, 3.8) is 0 Å². The molecule has 1 aromatic rings. The smallest absolute Gasteiger partial charge is 0.226 e. The maximum Gasteiger partial charge on any atom is 0.226 e. The van der Waals surface area contributed by atoms with Gasteiger partial charge in [-0.2, -0.15) is 0 Å². The third-order valence-electron chi connectivity index (χ3n) is 2.83. The van der Waals surface area contributed by atoms with Crippen LogP contribution in [0.3, 0.4) is 0 Å². The Balaban J connectivity index is 2.72. The normalized spacial score (nSPS) is 11.3. The van der Waals surface area contributed by atoms with E-state index in [-0.39, 0.29) is 11.7 Å². The first-order chi connectivity index (χ1) is 8.62. The molecule has 0 aliphatic rings. The maximum absolute atomic E-state index is 11.9. The molecule has 1 rings (SSSR count). The number of amides is 1. The molecule has 0 radical (unpaired) electrons. The van der Waals surface area contributed by atoms with Crippen LogP contribution in [-0.4, -0.2) is 34.9 Å².